The molecule has 4 heteroatoms. The van der Waals surface area contributed by atoms with E-state index in [4.69, 9.17) is 0 Å². The van der Waals surface area contributed by atoms with Gasteiger partial charge in [-0.2, -0.15) is 13.2 Å². The third-order valence-electron chi connectivity index (χ3n) is 3.32. The maximum Gasteiger partial charge on any atom is 0.416 e. The molecule has 0 aliphatic heterocycles. The molecule has 0 amide bonds. The SMILES string of the molecule is CC1(C(=O)Cc2ccc(C(F)(F)F)cc2)CC1. The molecule has 0 radical (unpaired) electrons. The Labute approximate surface area is 97.6 Å². The average molecular weight is 242 g/mol. The van der Waals surface area contributed by atoms with Crippen molar-refractivity contribution in [3.8, 4) is 0 Å². The maximum atomic E-state index is 12.3. The summed E-state index contributed by atoms with van der Waals surface area (Å²) in [6, 6.07) is 4.81. The van der Waals surface area contributed by atoms with E-state index in [1.807, 2.05) is 6.92 Å². The highest BCUT2D eigenvalue weighted by Crippen LogP contribution is 2.46. The Morgan fingerprint density at radius 3 is 2.18 bits per heavy atom. The van der Waals surface area contributed by atoms with Gasteiger partial charge in [0.15, 0.2) is 0 Å². The highest BCUT2D eigenvalue weighted by molar-refractivity contribution is 5.88. The number of benzene rings is 1. The molecule has 0 unspecified atom stereocenters. The lowest BCUT2D eigenvalue weighted by Gasteiger charge is -2.09. The Morgan fingerprint density at radius 2 is 1.76 bits per heavy atom. The van der Waals surface area contributed by atoms with Crippen LogP contribution in [0.15, 0.2) is 24.3 Å². The van der Waals surface area contributed by atoms with Gasteiger partial charge in [-0.3, -0.25) is 4.79 Å². The number of carbonyl (C=O) groups excluding carboxylic acids is 1. The summed E-state index contributed by atoms with van der Waals surface area (Å²) in [7, 11) is 0. The van der Waals surface area contributed by atoms with Crippen LogP contribution in [0, 0.1) is 5.41 Å². The minimum Gasteiger partial charge on any atom is -0.299 e. The normalized spacial score (nSPS) is 17.9. The van der Waals surface area contributed by atoms with Crippen LogP contribution in [0.1, 0.15) is 30.9 Å². The predicted octanol–water partition coefficient (Wildman–Crippen LogP) is 3.62. The molecule has 1 fully saturated rings. The topological polar surface area (TPSA) is 17.1 Å². The zero-order valence-electron chi connectivity index (χ0n) is 9.47. The van der Waals surface area contributed by atoms with E-state index in [2.05, 4.69) is 0 Å². The van der Waals surface area contributed by atoms with E-state index in [-0.39, 0.29) is 17.6 Å². The van der Waals surface area contributed by atoms with E-state index < -0.39 is 11.7 Å². The molecule has 1 aromatic carbocycles. The molecule has 1 aromatic rings. The lowest BCUT2D eigenvalue weighted by molar-refractivity contribution is -0.137. The molecule has 0 aromatic heterocycles. The molecule has 1 aliphatic rings. The molecule has 0 N–H and O–H groups in total. The van der Waals surface area contributed by atoms with Crippen molar-refractivity contribution in [2.24, 2.45) is 5.41 Å². The van der Waals surface area contributed by atoms with Crippen LogP contribution in [0.25, 0.3) is 0 Å². The van der Waals surface area contributed by atoms with Crippen molar-refractivity contribution in [3.63, 3.8) is 0 Å². The molecular weight excluding hydrogens is 229 g/mol. The first-order valence-corrected chi connectivity index (χ1v) is 5.51. The molecular formula is C13H13F3O. The first kappa shape index (κ1) is 12.1. The molecule has 92 valence electrons. The van der Waals surface area contributed by atoms with Crippen molar-refractivity contribution in [1.82, 2.24) is 0 Å². The van der Waals surface area contributed by atoms with Crippen LogP contribution in [0.4, 0.5) is 13.2 Å². The van der Waals surface area contributed by atoms with Crippen molar-refractivity contribution in [1.29, 1.82) is 0 Å². The number of Topliss-reactive ketones (excluding diaryl/α,β-unsaturated/α-hetero) is 1. The zero-order chi connectivity index (χ0) is 12.7. The van der Waals surface area contributed by atoms with E-state index in [1.54, 1.807) is 0 Å². The van der Waals surface area contributed by atoms with Gasteiger partial charge in [-0.1, -0.05) is 19.1 Å². The average Bonchev–Trinajstić information content (AvgIpc) is 2.97. The van der Waals surface area contributed by atoms with E-state index in [0.29, 0.717) is 5.56 Å². The molecule has 17 heavy (non-hydrogen) atoms. The van der Waals surface area contributed by atoms with E-state index in [1.165, 1.54) is 12.1 Å². The largest absolute Gasteiger partial charge is 0.416 e. The van der Waals surface area contributed by atoms with Gasteiger partial charge in [0.25, 0.3) is 0 Å². The summed E-state index contributed by atoms with van der Waals surface area (Å²) in [5.41, 5.74) is -0.245. The number of hydrogen-bond donors (Lipinski definition) is 0. The molecule has 1 aliphatic carbocycles. The Balaban J connectivity index is 2.06. The van der Waals surface area contributed by atoms with Crippen molar-refractivity contribution in [2.75, 3.05) is 0 Å². The standard InChI is InChI=1S/C13H13F3O/c1-12(6-7-12)11(17)8-9-2-4-10(5-3-9)13(14,15)16/h2-5H,6-8H2,1H3. The summed E-state index contributed by atoms with van der Waals surface area (Å²) in [5, 5.41) is 0. The lowest BCUT2D eigenvalue weighted by Crippen LogP contribution is -2.14. The van der Waals surface area contributed by atoms with Gasteiger partial charge in [0, 0.05) is 11.8 Å². The van der Waals surface area contributed by atoms with Gasteiger partial charge in [-0.25, -0.2) is 0 Å². The number of halogens is 3. The van der Waals surface area contributed by atoms with Crippen LogP contribution in [0.3, 0.4) is 0 Å². The molecule has 2 rings (SSSR count). The number of alkyl halides is 3. The summed E-state index contributed by atoms with van der Waals surface area (Å²) in [6.45, 7) is 1.90. The molecule has 0 saturated heterocycles. The molecule has 0 spiro atoms. The highest BCUT2D eigenvalue weighted by atomic mass is 19.4. The second-order valence-electron chi connectivity index (χ2n) is 4.86. The van der Waals surface area contributed by atoms with Gasteiger partial charge >= 0.3 is 6.18 Å². The fourth-order valence-corrected chi connectivity index (χ4v) is 1.68. The molecule has 1 saturated carbocycles. The fraction of sp³-hybridized carbons (Fsp3) is 0.462. The first-order chi connectivity index (χ1) is 7.81. The van der Waals surface area contributed by atoms with Crippen LogP contribution >= 0.6 is 0 Å². The first-order valence-electron chi connectivity index (χ1n) is 5.51. The van der Waals surface area contributed by atoms with E-state index in [9.17, 15) is 18.0 Å². The van der Waals surface area contributed by atoms with Gasteiger partial charge in [-0.05, 0) is 30.5 Å². The second kappa shape index (κ2) is 3.86. The number of hydrogen-bond acceptors (Lipinski definition) is 1. The molecule has 1 nitrogen and oxygen atoms in total. The lowest BCUT2D eigenvalue weighted by atomic mass is 9.96. The number of rotatable bonds is 3. The van der Waals surface area contributed by atoms with Gasteiger partial charge in [0.1, 0.15) is 5.78 Å². The Kier molecular flexibility index (Phi) is 2.76. The quantitative estimate of drug-likeness (QED) is 0.791. The van der Waals surface area contributed by atoms with Crippen molar-refractivity contribution in [2.45, 2.75) is 32.4 Å². The third-order valence-corrected chi connectivity index (χ3v) is 3.32. The monoisotopic (exact) mass is 242 g/mol. The summed E-state index contributed by atoms with van der Waals surface area (Å²) >= 11 is 0. The van der Waals surface area contributed by atoms with Gasteiger partial charge in [0.2, 0.25) is 0 Å². The van der Waals surface area contributed by atoms with Crippen LogP contribution in [0.5, 0.6) is 0 Å². The van der Waals surface area contributed by atoms with Crippen LogP contribution in [-0.4, -0.2) is 5.78 Å². The zero-order valence-corrected chi connectivity index (χ0v) is 9.47. The van der Waals surface area contributed by atoms with Crippen molar-refractivity contribution in [3.05, 3.63) is 35.4 Å². The molecule has 0 heterocycles. The smallest absolute Gasteiger partial charge is 0.299 e. The van der Waals surface area contributed by atoms with Crippen LogP contribution in [0.2, 0.25) is 0 Å². The highest BCUT2D eigenvalue weighted by Gasteiger charge is 2.43. The summed E-state index contributed by atoms with van der Waals surface area (Å²) in [5.74, 6) is 0.122. The minimum atomic E-state index is -4.31. The summed E-state index contributed by atoms with van der Waals surface area (Å²) in [4.78, 5) is 11.8. The van der Waals surface area contributed by atoms with E-state index in [0.717, 1.165) is 25.0 Å². The predicted molar refractivity (Wildman–Crippen MR) is 57.5 cm³/mol. The molecule has 0 atom stereocenters. The Morgan fingerprint density at radius 1 is 1.24 bits per heavy atom. The van der Waals surface area contributed by atoms with Crippen LogP contribution < -0.4 is 0 Å². The summed E-state index contributed by atoms with van der Waals surface area (Å²) in [6.07, 6.45) is -2.29. The van der Waals surface area contributed by atoms with Gasteiger partial charge in [-0.15, -0.1) is 0 Å². The minimum absolute atomic E-state index is 0.122. The third kappa shape index (κ3) is 2.68. The van der Waals surface area contributed by atoms with Gasteiger partial charge < -0.3 is 0 Å². The fourth-order valence-electron chi connectivity index (χ4n) is 1.68. The Hall–Kier alpha value is -1.32. The summed E-state index contributed by atoms with van der Waals surface area (Å²) < 4.78 is 36.9. The Bertz CT molecular complexity index is 427. The van der Waals surface area contributed by atoms with Crippen molar-refractivity contribution < 1.29 is 18.0 Å². The maximum absolute atomic E-state index is 12.3. The number of carbonyl (C=O) groups is 1. The number of ketones is 1. The second-order valence-corrected chi connectivity index (χ2v) is 4.86. The van der Waals surface area contributed by atoms with Gasteiger partial charge in [0.05, 0.1) is 5.56 Å². The molecule has 0 bridgehead atoms. The van der Waals surface area contributed by atoms with Crippen LogP contribution in [-0.2, 0) is 17.4 Å². The van der Waals surface area contributed by atoms with E-state index >= 15 is 0 Å². The van der Waals surface area contributed by atoms with Crippen molar-refractivity contribution >= 4 is 5.78 Å².